The second-order valence-corrected chi connectivity index (χ2v) is 4.39. The topological polar surface area (TPSA) is 15.3 Å². The smallest absolute Gasteiger partial charge is 0.0252 e. The molecule has 2 rings (SSSR count). The van der Waals surface area contributed by atoms with Gasteiger partial charge in [0.2, 0.25) is 0 Å². The van der Waals surface area contributed by atoms with E-state index in [-0.39, 0.29) is 0 Å². The van der Waals surface area contributed by atoms with Gasteiger partial charge in [-0.25, -0.2) is 0 Å². The van der Waals surface area contributed by atoms with Crippen LogP contribution in [0.15, 0.2) is 0 Å². The Bertz CT molecular complexity index is 156. The zero-order valence-corrected chi connectivity index (χ0v) is 8.21. The van der Waals surface area contributed by atoms with Gasteiger partial charge in [0.1, 0.15) is 0 Å². The van der Waals surface area contributed by atoms with Crippen LogP contribution in [-0.4, -0.2) is 36.1 Å². The molecule has 2 atom stereocenters. The van der Waals surface area contributed by atoms with Gasteiger partial charge in [-0.1, -0.05) is 6.42 Å². The van der Waals surface area contributed by atoms with Gasteiger partial charge in [-0.2, -0.15) is 0 Å². The van der Waals surface area contributed by atoms with Crippen LogP contribution in [0.1, 0.15) is 33.1 Å². The molecule has 2 nitrogen and oxygen atoms in total. The molecule has 1 saturated carbocycles. The van der Waals surface area contributed by atoms with Gasteiger partial charge in [0.05, 0.1) is 0 Å². The molecule has 12 heavy (non-hydrogen) atoms. The second kappa shape index (κ2) is 3.35. The Morgan fingerprint density at radius 2 is 2.17 bits per heavy atom. The van der Waals surface area contributed by atoms with Gasteiger partial charge in [-0.3, -0.25) is 4.90 Å². The number of hydrogen-bond acceptors (Lipinski definition) is 2. The Hall–Kier alpha value is -0.0800. The fraction of sp³-hybridized carbons (Fsp3) is 1.00. The quantitative estimate of drug-likeness (QED) is 0.633. The summed E-state index contributed by atoms with van der Waals surface area (Å²) in [5.41, 5.74) is 0. The number of rotatable bonds is 1. The van der Waals surface area contributed by atoms with Gasteiger partial charge in [0, 0.05) is 31.2 Å². The monoisotopic (exact) mass is 168 g/mol. The standard InChI is InChI=1S/C10H20N2/c1-8(2)12-7-6-11-9-4-3-5-10(9)12/h8-11H,3-7H2,1-2H3/t9-,10?/m1/s1. The summed E-state index contributed by atoms with van der Waals surface area (Å²) in [7, 11) is 0. The minimum absolute atomic E-state index is 0.734. The summed E-state index contributed by atoms with van der Waals surface area (Å²) >= 11 is 0. The summed E-state index contributed by atoms with van der Waals surface area (Å²) in [5, 5.41) is 3.62. The number of piperazine rings is 1. The molecule has 1 unspecified atom stereocenters. The maximum Gasteiger partial charge on any atom is 0.0252 e. The average molecular weight is 168 g/mol. The van der Waals surface area contributed by atoms with Crippen molar-refractivity contribution >= 4 is 0 Å². The minimum atomic E-state index is 0.734. The highest BCUT2D eigenvalue weighted by Gasteiger charge is 2.35. The molecule has 70 valence electrons. The Labute approximate surface area is 75.3 Å². The molecule has 2 fully saturated rings. The van der Waals surface area contributed by atoms with Crippen molar-refractivity contribution in [3.05, 3.63) is 0 Å². The molecule has 1 aliphatic heterocycles. The van der Waals surface area contributed by atoms with Gasteiger partial charge in [0.25, 0.3) is 0 Å². The Balaban J connectivity index is 2.03. The van der Waals surface area contributed by atoms with Crippen molar-refractivity contribution in [2.75, 3.05) is 13.1 Å². The van der Waals surface area contributed by atoms with Crippen molar-refractivity contribution in [2.45, 2.75) is 51.2 Å². The third-order valence-corrected chi connectivity index (χ3v) is 3.35. The predicted octanol–water partition coefficient (Wildman–Crippen LogP) is 1.22. The summed E-state index contributed by atoms with van der Waals surface area (Å²) in [4.78, 5) is 2.67. The van der Waals surface area contributed by atoms with E-state index in [4.69, 9.17) is 0 Å². The van der Waals surface area contributed by atoms with E-state index in [9.17, 15) is 0 Å². The van der Waals surface area contributed by atoms with Crippen molar-refractivity contribution in [1.29, 1.82) is 0 Å². The first-order chi connectivity index (χ1) is 5.79. The third-order valence-electron chi connectivity index (χ3n) is 3.35. The van der Waals surface area contributed by atoms with Crippen LogP contribution < -0.4 is 5.32 Å². The lowest BCUT2D eigenvalue weighted by molar-refractivity contribution is 0.103. The number of nitrogens with one attached hydrogen (secondary N) is 1. The van der Waals surface area contributed by atoms with Crippen LogP contribution in [0, 0.1) is 0 Å². The molecule has 0 radical (unpaired) electrons. The molecule has 0 aromatic heterocycles. The highest BCUT2D eigenvalue weighted by atomic mass is 15.3. The van der Waals surface area contributed by atoms with E-state index >= 15 is 0 Å². The minimum Gasteiger partial charge on any atom is -0.311 e. The first-order valence-corrected chi connectivity index (χ1v) is 5.28. The van der Waals surface area contributed by atoms with Crippen LogP contribution in [0.2, 0.25) is 0 Å². The van der Waals surface area contributed by atoms with Crippen molar-refractivity contribution in [3.63, 3.8) is 0 Å². The molecule has 0 aromatic rings. The van der Waals surface area contributed by atoms with E-state index in [1.54, 1.807) is 0 Å². The number of nitrogens with zero attached hydrogens (tertiary/aromatic N) is 1. The van der Waals surface area contributed by atoms with E-state index in [0.29, 0.717) is 0 Å². The Morgan fingerprint density at radius 1 is 1.33 bits per heavy atom. The zero-order valence-electron chi connectivity index (χ0n) is 8.21. The maximum absolute atomic E-state index is 3.62. The molecular weight excluding hydrogens is 148 g/mol. The van der Waals surface area contributed by atoms with Gasteiger partial charge >= 0.3 is 0 Å². The molecular formula is C10H20N2. The Kier molecular flexibility index (Phi) is 2.37. The van der Waals surface area contributed by atoms with Crippen molar-refractivity contribution in [1.82, 2.24) is 10.2 Å². The number of hydrogen-bond donors (Lipinski definition) is 1. The summed E-state index contributed by atoms with van der Waals surface area (Å²) in [6.45, 7) is 7.08. The molecule has 1 N–H and O–H groups in total. The highest BCUT2D eigenvalue weighted by molar-refractivity contribution is 4.94. The summed E-state index contributed by atoms with van der Waals surface area (Å²) < 4.78 is 0. The lowest BCUT2D eigenvalue weighted by Gasteiger charge is -2.41. The van der Waals surface area contributed by atoms with Crippen molar-refractivity contribution < 1.29 is 0 Å². The lowest BCUT2D eigenvalue weighted by Crippen LogP contribution is -2.57. The average Bonchev–Trinajstić information content (AvgIpc) is 2.49. The summed E-state index contributed by atoms with van der Waals surface area (Å²) in [6, 6.07) is 2.39. The van der Waals surface area contributed by atoms with Crippen LogP contribution in [0.25, 0.3) is 0 Å². The van der Waals surface area contributed by atoms with Crippen LogP contribution in [0.3, 0.4) is 0 Å². The first-order valence-electron chi connectivity index (χ1n) is 5.28. The normalized spacial score (nSPS) is 37.2. The van der Waals surface area contributed by atoms with Crippen molar-refractivity contribution in [2.24, 2.45) is 0 Å². The fourth-order valence-corrected chi connectivity index (χ4v) is 2.76. The van der Waals surface area contributed by atoms with E-state index in [1.807, 2.05) is 0 Å². The summed E-state index contributed by atoms with van der Waals surface area (Å²) in [6.07, 6.45) is 4.23. The lowest BCUT2D eigenvalue weighted by atomic mass is 10.1. The van der Waals surface area contributed by atoms with Crippen LogP contribution in [-0.2, 0) is 0 Å². The molecule has 1 heterocycles. The van der Waals surface area contributed by atoms with Crippen LogP contribution in [0.4, 0.5) is 0 Å². The third kappa shape index (κ3) is 1.38. The first kappa shape index (κ1) is 8.52. The summed E-state index contributed by atoms with van der Waals surface area (Å²) in [5.74, 6) is 0. The molecule has 0 bridgehead atoms. The van der Waals surface area contributed by atoms with Gasteiger partial charge in [0.15, 0.2) is 0 Å². The maximum atomic E-state index is 3.62. The molecule has 0 amide bonds. The Morgan fingerprint density at radius 3 is 2.92 bits per heavy atom. The SMILES string of the molecule is CC(C)N1CCN[C@@H]2CCCC21. The molecule has 2 heteroatoms. The highest BCUT2D eigenvalue weighted by Crippen LogP contribution is 2.27. The van der Waals surface area contributed by atoms with Crippen LogP contribution in [0.5, 0.6) is 0 Å². The molecule has 0 spiro atoms. The van der Waals surface area contributed by atoms with Crippen molar-refractivity contribution in [3.8, 4) is 0 Å². The van der Waals surface area contributed by atoms with E-state index in [2.05, 4.69) is 24.1 Å². The van der Waals surface area contributed by atoms with Gasteiger partial charge in [-0.15, -0.1) is 0 Å². The fourth-order valence-electron chi connectivity index (χ4n) is 2.76. The van der Waals surface area contributed by atoms with Crippen LogP contribution >= 0.6 is 0 Å². The van der Waals surface area contributed by atoms with E-state index in [0.717, 1.165) is 18.1 Å². The largest absolute Gasteiger partial charge is 0.311 e. The molecule has 1 saturated heterocycles. The van der Waals surface area contributed by atoms with Gasteiger partial charge < -0.3 is 5.32 Å². The second-order valence-electron chi connectivity index (χ2n) is 4.39. The predicted molar refractivity (Wildman–Crippen MR) is 51.3 cm³/mol. The zero-order chi connectivity index (χ0) is 8.55. The van der Waals surface area contributed by atoms with Gasteiger partial charge in [-0.05, 0) is 26.7 Å². The van der Waals surface area contributed by atoms with E-state index < -0.39 is 0 Å². The van der Waals surface area contributed by atoms with E-state index in [1.165, 1.54) is 32.4 Å². The molecule has 2 aliphatic rings. The molecule has 1 aliphatic carbocycles. The molecule has 0 aromatic carbocycles. The number of fused-ring (bicyclic) bond motifs is 1.